The number of anilines is 1. The summed E-state index contributed by atoms with van der Waals surface area (Å²) in [4.78, 5) is 6.71. The topological polar surface area (TPSA) is 23.4 Å². The van der Waals surface area contributed by atoms with Gasteiger partial charge in [-0.3, -0.25) is 0 Å². The molecule has 0 saturated heterocycles. The van der Waals surface area contributed by atoms with Crippen molar-refractivity contribution in [2.45, 2.75) is 0 Å². The Morgan fingerprint density at radius 2 is 1.05 bits per heavy atom. The van der Waals surface area contributed by atoms with Crippen LogP contribution in [0.5, 0.6) is 0 Å². The van der Waals surface area contributed by atoms with E-state index < -0.39 is 0 Å². The summed E-state index contributed by atoms with van der Waals surface area (Å²) < 4.78 is 4.20. The molecule has 0 saturated carbocycles. The van der Waals surface area contributed by atoms with Crippen molar-refractivity contribution in [3.63, 3.8) is 0 Å². The Morgan fingerprint density at radius 1 is 0.553 bits per heavy atom. The van der Waals surface area contributed by atoms with Gasteiger partial charge in [0.05, 0.1) is 0 Å². The standard InChI is InChI=1S/C19H14N2.C14H13N2.Au/c1-3-9-16(10-4-1)20-15-21(17-11-5-2-6-12-17)19-14-8-7-13-18(19)20;1-16(2)10-7-8-14-12(9-10)11-5-3-4-6-13(11)15-14;/h1-14H;3-9H,1-2H3;/q+2;-1;+1. The maximum atomic E-state index is 4.60. The molecule has 1 aromatic heterocycles. The smallest absolute Gasteiger partial charge is 0.657 e. The molecule has 0 atom stereocenters. The minimum atomic E-state index is 0. The van der Waals surface area contributed by atoms with Crippen LogP contribution in [0.15, 0.2) is 127 Å². The van der Waals surface area contributed by atoms with Crippen LogP contribution in [0.4, 0.5) is 28.4 Å². The second kappa shape index (κ2) is 11.1. The summed E-state index contributed by atoms with van der Waals surface area (Å²) >= 11 is 0. The van der Waals surface area contributed by atoms with E-state index in [-0.39, 0.29) is 22.4 Å². The van der Waals surface area contributed by atoms with Gasteiger partial charge in [0.2, 0.25) is 11.4 Å². The molecule has 4 nitrogen and oxygen atoms in total. The summed E-state index contributed by atoms with van der Waals surface area (Å²) in [7, 11) is 4.11. The van der Waals surface area contributed by atoms with Crippen LogP contribution in [0, 0.1) is 0 Å². The Hall–Kier alpha value is -4.18. The fourth-order valence-corrected chi connectivity index (χ4v) is 4.64. The Labute approximate surface area is 238 Å². The molecule has 0 amide bonds. The van der Waals surface area contributed by atoms with Crippen LogP contribution >= 0.6 is 0 Å². The Morgan fingerprint density at radius 3 is 1.63 bits per heavy atom. The van der Waals surface area contributed by atoms with Crippen molar-refractivity contribution in [1.82, 2.24) is 14.1 Å². The van der Waals surface area contributed by atoms with Gasteiger partial charge in [0, 0.05) is 56.2 Å². The van der Waals surface area contributed by atoms with Gasteiger partial charge >= 0.3 is 28.4 Å². The molecule has 0 unspecified atom stereocenters. The van der Waals surface area contributed by atoms with Crippen LogP contribution in [0.3, 0.4) is 0 Å². The normalized spacial score (nSPS) is 11.6. The van der Waals surface area contributed by atoms with Crippen LogP contribution in [0.25, 0.3) is 21.8 Å². The van der Waals surface area contributed by atoms with E-state index >= 15 is 0 Å². The van der Waals surface area contributed by atoms with E-state index in [1.807, 2.05) is 42.5 Å². The van der Waals surface area contributed by atoms with Crippen LogP contribution in [0.1, 0.15) is 0 Å². The van der Waals surface area contributed by atoms with Gasteiger partial charge in [0.15, 0.2) is 0 Å². The maximum absolute atomic E-state index is 4.60. The monoisotopic (exact) mass is 676 g/mol. The van der Waals surface area contributed by atoms with E-state index in [1.54, 1.807) is 0 Å². The molecular weight excluding hydrogens is 649 g/mol. The number of fused-ring (bicyclic) bond motifs is 4. The van der Waals surface area contributed by atoms with Gasteiger partial charge in [-0.1, -0.05) is 78.9 Å². The largest absolute Gasteiger partial charge is 1.00 e. The van der Waals surface area contributed by atoms with Gasteiger partial charge in [-0.15, -0.1) is 11.0 Å². The molecule has 7 rings (SSSR count). The minimum absolute atomic E-state index is 0. The molecule has 1 aliphatic heterocycles. The summed E-state index contributed by atoms with van der Waals surface area (Å²) in [5.41, 5.74) is 7.89. The van der Waals surface area contributed by atoms with Crippen molar-refractivity contribution in [2.75, 3.05) is 19.0 Å². The van der Waals surface area contributed by atoms with Gasteiger partial charge < -0.3 is 9.88 Å². The van der Waals surface area contributed by atoms with Crippen molar-refractivity contribution < 1.29 is 22.4 Å². The van der Waals surface area contributed by atoms with E-state index in [2.05, 4.69) is 124 Å². The molecule has 0 radical (unpaired) electrons. The first-order valence-electron chi connectivity index (χ1n) is 12.4. The third-order valence-corrected chi connectivity index (χ3v) is 6.52. The Bertz CT molecular complexity index is 1710. The van der Waals surface area contributed by atoms with Crippen molar-refractivity contribution in [3.8, 4) is 0 Å². The fraction of sp³-hybridized carbons (Fsp3) is 0.0606. The molecule has 0 bridgehead atoms. The molecule has 0 spiro atoms. The zero-order chi connectivity index (χ0) is 25.2. The van der Waals surface area contributed by atoms with E-state index in [0.29, 0.717) is 0 Å². The molecule has 2 heterocycles. The molecule has 0 aliphatic carbocycles. The molecule has 0 N–H and O–H groups in total. The van der Waals surface area contributed by atoms with Crippen molar-refractivity contribution in [2.24, 2.45) is 0 Å². The summed E-state index contributed by atoms with van der Waals surface area (Å²) in [6, 6.07) is 47.1. The fourth-order valence-electron chi connectivity index (χ4n) is 4.64. The molecule has 0 fully saturated rings. The van der Waals surface area contributed by atoms with Crippen LogP contribution < -0.4 is 19.0 Å². The number of nitrogens with zero attached hydrogens (tertiary/aromatic N) is 4. The third-order valence-electron chi connectivity index (χ3n) is 6.52. The predicted molar refractivity (Wildman–Crippen MR) is 156 cm³/mol. The zero-order valence-electron chi connectivity index (χ0n) is 21.2. The van der Waals surface area contributed by atoms with Crippen molar-refractivity contribution in [3.05, 3.63) is 127 Å². The first kappa shape index (κ1) is 25.5. The molecule has 188 valence electrons. The summed E-state index contributed by atoms with van der Waals surface area (Å²) in [6.07, 6.45) is 0. The number of benzene rings is 5. The average Bonchev–Trinajstić information content (AvgIpc) is 3.53. The minimum Gasteiger partial charge on any atom is -0.657 e. The zero-order valence-corrected chi connectivity index (χ0v) is 23.4. The Balaban J connectivity index is 0.000000156. The predicted octanol–water partition coefficient (Wildman–Crippen LogP) is 7.56. The third kappa shape index (κ3) is 4.87. The number of rotatable bonds is 3. The average molecular weight is 677 g/mol. The van der Waals surface area contributed by atoms with Gasteiger partial charge in [0.25, 0.3) is 11.4 Å². The first-order chi connectivity index (χ1) is 18.2. The van der Waals surface area contributed by atoms with Crippen molar-refractivity contribution >= 4 is 56.3 Å². The van der Waals surface area contributed by atoms with Crippen LogP contribution in [-0.2, 0) is 22.4 Å². The van der Waals surface area contributed by atoms with E-state index in [4.69, 9.17) is 0 Å². The number of hydrogen-bond donors (Lipinski definition) is 0. The second-order valence-corrected chi connectivity index (χ2v) is 9.16. The summed E-state index contributed by atoms with van der Waals surface area (Å²) in [6.45, 7) is 0. The SMILES string of the molecule is C1=[N+](c2ccccc2)c2ccccc2[N+]=1c1ccccc1.CN(C)c1ccc2[n-]c3ccccc3c2c1.[Au+]. The van der Waals surface area contributed by atoms with E-state index in [0.717, 1.165) is 33.8 Å². The quantitative estimate of drug-likeness (QED) is 0.143. The number of hydrogen-bond acceptors (Lipinski definition) is 1. The first-order valence-corrected chi connectivity index (χ1v) is 12.4. The van der Waals surface area contributed by atoms with Crippen LogP contribution in [0.2, 0.25) is 0 Å². The number of para-hydroxylation sites is 5. The Kier molecular flexibility index (Phi) is 7.41. The summed E-state index contributed by atoms with van der Waals surface area (Å²) in [5.74, 6) is 0. The number of aromatic nitrogens is 1. The van der Waals surface area contributed by atoms with E-state index in [9.17, 15) is 0 Å². The second-order valence-electron chi connectivity index (χ2n) is 9.16. The van der Waals surface area contributed by atoms with Crippen molar-refractivity contribution in [1.29, 1.82) is 0 Å². The molecule has 5 aromatic carbocycles. The van der Waals surface area contributed by atoms with Gasteiger partial charge in [-0.05, 0) is 32.1 Å². The summed E-state index contributed by atoms with van der Waals surface area (Å²) in [5, 5.41) is 2.48. The molecular formula is C33H27AuN4+2. The van der Waals surface area contributed by atoms with E-state index in [1.165, 1.54) is 16.5 Å². The molecule has 5 heteroatoms. The maximum Gasteiger partial charge on any atom is 1.00 e. The molecule has 6 aromatic rings. The molecule has 1 aliphatic rings. The molecule has 38 heavy (non-hydrogen) atoms. The van der Waals surface area contributed by atoms with Gasteiger partial charge in [0.1, 0.15) is 0 Å². The van der Waals surface area contributed by atoms with Crippen LogP contribution in [-0.4, -0.2) is 20.1 Å². The van der Waals surface area contributed by atoms with Gasteiger partial charge in [-0.25, -0.2) is 0 Å². The van der Waals surface area contributed by atoms with Gasteiger partial charge in [-0.2, -0.15) is 0 Å².